The summed E-state index contributed by atoms with van der Waals surface area (Å²) >= 11 is 0. The van der Waals surface area contributed by atoms with Crippen LogP contribution in [-0.2, 0) is 15.8 Å². The standard InChI is InChI=1S/C28H30F3N3O4/c1-16(2)10-23(34-9-8-21(12-24(34)35)28(29,30)31)27(38)33-22(13-25(36)37)19-11-20(15-32-14-19)26-17(3)6-5-7-18(26)4/h5-9,11-12,14-16,22-23H,10,13H2,1-4H3,(H,33,38)(H,36,37). The summed E-state index contributed by atoms with van der Waals surface area (Å²) in [6.45, 7) is 7.51. The number of nitrogens with zero attached hydrogens (tertiary/aromatic N) is 2. The summed E-state index contributed by atoms with van der Waals surface area (Å²) in [5.74, 6) is -1.93. The first-order valence-corrected chi connectivity index (χ1v) is 12.1. The number of hydrogen-bond acceptors (Lipinski definition) is 4. The maximum Gasteiger partial charge on any atom is 0.416 e. The lowest BCUT2D eigenvalue weighted by molar-refractivity contribution is -0.138. The lowest BCUT2D eigenvalue weighted by Crippen LogP contribution is -2.40. The van der Waals surface area contributed by atoms with Crippen LogP contribution in [0.5, 0.6) is 0 Å². The van der Waals surface area contributed by atoms with Crippen LogP contribution in [0.2, 0.25) is 0 Å². The molecular formula is C28H30F3N3O4. The Balaban J connectivity index is 1.99. The second kappa shape index (κ2) is 11.6. The lowest BCUT2D eigenvalue weighted by atomic mass is 9.94. The third-order valence-electron chi connectivity index (χ3n) is 6.24. The van der Waals surface area contributed by atoms with Crippen LogP contribution < -0.4 is 10.9 Å². The van der Waals surface area contributed by atoms with Crippen molar-refractivity contribution in [1.82, 2.24) is 14.9 Å². The number of carboxylic acids is 1. The van der Waals surface area contributed by atoms with E-state index in [0.29, 0.717) is 11.6 Å². The summed E-state index contributed by atoms with van der Waals surface area (Å²) < 4.78 is 40.2. The highest BCUT2D eigenvalue weighted by molar-refractivity contribution is 5.82. The molecule has 0 aliphatic carbocycles. The average Bonchev–Trinajstić information content (AvgIpc) is 2.81. The SMILES string of the molecule is Cc1cccc(C)c1-c1cncc(C(CC(=O)O)NC(=O)C(CC(C)C)n2ccc(C(F)(F)F)cc2=O)c1. The number of aryl methyl sites for hydroxylation is 2. The third-order valence-corrected chi connectivity index (χ3v) is 6.24. The van der Waals surface area contributed by atoms with Crippen LogP contribution in [-0.4, -0.2) is 26.5 Å². The molecule has 2 unspecified atom stereocenters. The first-order chi connectivity index (χ1) is 17.8. The molecule has 2 aromatic heterocycles. The van der Waals surface area contributed by atoms with Gasteiger partial charge in [0.25, 0.3) is 5.56 Å². The second-order valence-corrected chi connectivity index (χ2v) is 9.74. The number of pyridine rings is 2. The molecule has 1 amide bonds. The number of carbonyl (C=O) groups is 2. The van der Waals surface area contributed by atoms with E-state index in [9.17, 15) is 32.7 Å². The molecule has 0 aliphatic rings. The van der Waals surface area contributed by atoms with Crippen molar-refractivity contribution in [2.75, 3.05) is 0 Å². The summed E-state index contributed by atoms with van der Waals surface area (Å²) in [6.07, 6.45) is -0.937. The molecule has 2 heterocycles. The van der Waals surface area contributed by atoms with Crippen molar-refractivity contribution in [2.45, 2.75) is 58.8 Å². The molecule has 0 bridgehead atoms. The maximum atomic E-state index is 13.4. The molecule has 3 aromatic rings. The van der Waals surface area contributed by atoms with E-state index in [1.165, 1.54) is 6.20 Å². The number of aromatic nitrogens is 2. The molecule has 0 fully saturated rings. The van der Waals surface area contributed by atoms with Gasteiger partial charge in [-0.15, -0.1) is 0 Å². The Morgan fingerprint density at radius 3 is 2.29 bits per heavy atom. The fourth-order valence-corrected chi connectivity index (χ4v) is 4.47. The third kappa shape index (κ3) is 6.87. The first-order valence-electron chi connectivity index (χ1n) is 12.1. The van der Waals surface area contributed by atoms with Gasteiger partial charge in [0, 0.05) is 30.2 Å². The molecule has 2 atom stereocenters. The molecule has 0 saturated carbocycles. The van der Waals surface area contributed by atoms with Crippen molar-refractivity contribution in [3.63, 3.8) is 0 Å². The van der Waals surface area contributed by atoms with Crippen LogP contribution >= 0.6 is 0 Å². The number of rotatable bonds is 9. The number of amides is 1. The summed E-state index contributed by atoms with van der Waals surface area (Å²) in [4.78, 5) is 42.0. The number of halogens is 3. The molecule has 7 nitrogen and oxygen atoms in total. The molecule has 10 heteroatoms. The van der Waals surface area contributed by atoms with Crippen molar-refractivity contribution in [3.05, 3.63) is 87.6 Å². The largest absolute Gasteiger partial charge is 0.481 e. The summed E-state index contributed by atoms with van der Waals surface area (Å²) in [5.41, 5.74) is 2.05. The Labute approximate surface area is 218 Å². The normalized spacial score (nSPS) is 13.3. The number of carboxylic acid groups (broad SMARTS) is 1. The van der Waals surface area contributed by atoms with E-state index in [0.717, 1.165) is 39.1 Å². The highest BCUT2D eigenvalue weighted by Crippen LogP contribution is 2.30. The van der Waals surface area contributed by atoms with Gasteiger partial charge >= 0.3 is 12.1 Å². The topological polar surface area (TPSA) is 101 Å². The molecule has 0 saturated heterocycles. The van der Waals surface area contributed by atoms with E-state index in [1.54, 1.807) is 12.3 Å². The van der Waals surface area contributed by atoms with Crippen LogP contribution in [0.3, 0.4) is 0 Å². The van der Waals surface area contributed by atoms with Gasteiger partial charge in [0.05, 0.1) is 18.0 Å². The number of nitrogens with one attached hydrogen (secondary N) is 1. The number of aliphatic carboxylic acids is 1. The smallest absolute Gasteiger partial charge is 0.416 e. The van der Waals surface area contributed by atoms with Crippen molar-refractivity contribution in [1.29, 1.82) is 0 Å². The summed E-state index contributed by atoms with van der Waals surface area (Å²) in [6, 6.07) is 6.65. The highest BCUT2D eigenvalue weighted by Gasteiger charge is 2.32. The lowest BCUT2D eigenvalue weighted by Gasteiger charge is -2.25. The van der Waals surface area contributed by atoms with Gasteiger partial charge in [-0.1, -0.05) is 32.0 Å². The van der Waals surface area contributed by atoms with E-state index in [4.69, 9.17) is 0 Å². The van der Waals surface area contributed by atoms with Crippen LogP contribution in [0, 0.1) is 19.8 Å². The summed E-state index contributed by atoms with van der Waals surface area (Å²) in [5, 5.41) is 12.3. The molecule has 0 aliphatic heterocycles. The molecule has 202 valence electrons. The molecule has 1 aromatic carbocycles. The minimum Gasteiger partial charge on any atom is -0.481 e. The van der Waals surface area contributed by atoms with Gasteiger partial charge < -0.3 is 15.0 Å². The maximum absolute atomic E-state index is 13.4. The van der Waals surface area contributed by atoms with Crippen LogP contribution in [0.25, 0.3) is 11.1 Å². The van der Waals surface area contributed by atoms with E-state index in [-0.39, 0.29) is 12.3 Å². The minimum absolute atomic E-state index is 0.0908. The number of alkyl halides is 3. The van der Waals surface area contributed by atoms with Gasteiger partial charge in [-0.25, -0.2) is 0 Å². The van der Waals surface area contributed by atoms with Crippen LogP contribution in [0.15, 0.2) is 59.8 Å². The highest BCUT2D eigenvalue weighted by atomic mass is 19.4. The fourth-order valence-electron chi connectivity index (χ4n) is 4.47. The predicted octanol–water partition coefficient (Wildman–Crippen LogP) is 5.47. The molecule has 38 heavy (non-hydrogen) atoms. The number of carbonyl (C=O) groups excluding carboxylic acids is 1. The Bertz CT molecular complexity index is 1360. The predicted molar refractivity (Wildman–Crippen MR) is 136 cm³/mol. The Kier molecular flexibility index (Phi) is 8.75. The van der Waals surface area contributed by atoms with Crippen molar-refractivity contribution in [2.24, 2.45) is 5.92 Å². The minimum atomic E-state index is -4.70. The van der Waals surface area contributed by atoms with Gasteiger partial charge in [-0.2, -0.15) is 13.2 Å². The van der Waals surface area contributed by atoms with Crippen molar-refractivity contribution >= 4 is 11.9 Å². The number of benzene rings is 1. The quantitative estimate of drug-likeness (QED) is 0.383. The van der Waals surface area contributed by atoms with E-state index in [1.807, 2.05) is 45.9 Å². The summed E-state index contributed by atoms with van der Waals surface area (Å²) in [7, 11) is 0. The average molecular weight is 530 g/mol. The zero-order valence-corrected chi connectivity index (χ0v) is 21.5. The first kappa shape index (κ1) is 28.6. The van der Waals surface area contributed by atoms with E-state index < -0.39 is 47.7 Å². The van der Waals surface area contributed by atoms with Crippen molar-refractivity contribution < 1.29 is 27.9 Å². The molecule has 3 rings (SSSR count). The Hall–Kier alpha value is -3.95. The van der Waals surface area contributed by atoms with E-state index in [2.05, 4.69) is 10.3 Å². The Morgan fingerprint density at radius 2 is 1.74 bits per heavy atom. The van der Waals surface area contributed by atoms with Gasteiger partial charge in [-0.3, -0.25) is 19.4 Å². The molecule has 2 N–H and O–H groups in total. The van der Waals surface area contributed by atoms with Crippen LogP contribution in [0.4, 0.5) is 13.2 Å². The molecule has 0 spiro atoms. The van der Waals surface area contributed by atoms with Crippen molar-refractivity contribution in [3.8, 4) is 11.1 Å². The van der Waals surface area contributed by atoms with Gasteiger partial charge in [0.2, 0.25) is 5.91 Å². The zero-order chi connectivity index (χ0) is 28.2. The number of hydrogen-bond donors (Lipinski definition) is 2. The second-order valence-electron chi connectivity index (χ2n) is 9.74. The molecule has 0 radical (unpaired) electrons. The van der Waals surface area contributed by atoms with Gasteiger partial charge in [0.1, 0.15) is 6.04 Å². The Morgan fingerprint density at radius 1 is 1.08 bits per heavy atom. The van der Waals surface area contributed by atoms with E-state index >= 15 is 0 Å². The van der Waals surface area contributed by atoms with Gasteiger partial charge in [-0.05, 0) is 60.6 Å². The van der Waals surface area contributed by atoms with Gasteiger partial charge in [0.15, 0.2) is 0 Å². The monoisotopic (exact) mass is 529 g/mol. The van der Waals surface area contributed by atoms with Crippen LogP contribution in [0.1, 0.15) is 61.0 Å². The zero-order valence-electron chi connectivity index (χ0n) is 21.5. The molecular weight excluding hydrogens is 499 g/mol. The fraction of sp³-hybridized carbons (Fsp3) is 0.357.